The highest BCUT2D eigenvalue weighted by atomic mass is 16.2. The van der Waals surface area contributed by atoms with Crippen molar-refractivity contribution in [2.75, 3.05) is 6.54 Å². The Morgan fingerprint density at radius 3 is 2.10 bits per heavy atom. The predicted molar refractivity (Wildman–Crippen MR) is 89.2 cm³/mol. The first kappa shape index (κ1) is 17.7. The summed E-state index contributed by atoms with van der Waals surface area (Å²) in [5.74, 6) is 0.0392. The van der Waals surface area contributed by atoms with Crippen molar-refractivity contribution < 1.29 is 4.79 Å². The van der Waals surface area contributed by atoms with Crippen molar-refractivity contribution in [2.24, 2.45) is 5.41 Å². The average Bonchev–Trinajstić information content (AvgIpc) is 2.32. The molecule has 0 radical (unpaired) electrons. The minimum Gasteiger partial charge on any atom is -0.350 e. The molecular formula is C18H30N2O. The van der Waals surface area contributed by atoms with Crippen LogP contribution in [-0.2, 0) is 4.79 Å². The molecule has 3 nitrogen and oxygen atoms in total. The normalized spacial score (nSPS) is 13.8. The van der Waals surface area contributed by atoms with Crippen LogP contribution in [0.5, 0.6) is 0 Å². The Bertz CT molecular complexity index is 441. The van der Waals surface area contributed by atoms with Gasteiger partial charge in [0.15, 0.2) is 0 Å². The van der Waals surface area contributed by atoms with E-state index in [4.69, 9.17) is 0 Å². The van der Waals surface area contributed by atoms with Crippen LogP contribution in [0, 0.1) is 5.41 Å². The Labute approximate surface area is 129 Å². The summed E-state index contributed by atoms with van der Waals surface area (Å²) in [4.78, 5) is 12.0. The first-order chi connectivity index (χ1) is 9.57. The fourth-order valence-corrected chi connectivity index (χ4v) is 2.28. The second-order valence-electron chi connectivity index (χ2n) is 7.91. The Kier molecular flexibility index (Phi) is 5.97. The van der Waals surface area contributed by atoms with Crippen molar-refractivity contribution in [1.29, 1.82) is 0 Å². The van der Waals surface area contributed by atoms with E-state index in [0.717, 1.165) is 6.42 Å². The summed E-state index contributed by atoms with van der Waals surface area (Å²) in [5, 5.41) is 6.39. The number of hydrogen-bond donors (Lipinski definition) is 2. The van der Waals surface area contributed by atoms with Crippen LogP contribution >= 0.6 is 0 Å². The van der Waals surface area contributed by atoms with Crippen molar-refractivity contribution in [1.82, 2.24) is 10.6 Å². The Hall–Kier alpha value is -1.35. The molecule has 0 aliphatic rings. The topological polar surface area (TPSA) is 41.1 Å². The molecule has 1 atom stereocenters. The molecule has 3 heteroatoms. The molecule has 1 rings (SSSR count). The van der Waals surface area contributed by atoms with Gasteiger partial charge in [-0.25, -0.2) is 0 Å². The maximum absolute atomic E-state index is 12.0. The van der Waals surface area contributed by atoms with E-state index in [0.29, 0.717) is 6.54 Å². The number of benzene rings is 1. The molecule has 0 spiro atoms. The zero-order valence-electron chi connectivity index (χ0n) is 14.3. The number of carbonyl (C=O) groups is 1. The van der Waals surface area contributed by atoms with Crippen molar-refractivity contribution in [2.45, 2.75) is 59.5 Å². The number of hydrogen-bond acceptors (Lipinski definition) is 2. The molecule has 2 N–H and O–H groups in total. The van der Waals surface area contributed by atoms with E-state index < -0.39 is 0 Å². The van der Waals surface area contributed by atoms with Crippen LogP contribution in [0.3, 0.4) is 0 Å². The molecular weight excluding hydrogens is 260 g/mol. The third-order valence-corrected chi connectivity index (χ3v) is 3.04. The van der Waals surface area contributed by atoms with E-state index >= 15 is 0 Å². The zero-order valence-corrected chi connectivity index (χ0v) is 14.3. The van der Waals surface area contributed by atoms with Gasteiger partial charge in [0.2, 0.25) is 5.91 Å². The maximum Gasteiger partial charge on any atom is 0.234 e. The van der Waals surface area contributed by atoms with Crippen LogP contribution in [0.4, 0.5) is 0 Å². The molecule has 1 aromatic rings. The molecule has 21 heavy (non-hydrogen) atoms. The lowest BCUT2D eigenvalue weighted by molar-refractivity contribution is -0.121. The fourth-order valence-electron chi connectivity index (χ4n) is 2.28. The highest BCUT2D eigenvalue weighted by Gasteiger charge is 2.21. The molecule has 0 aliphatic carbocycles. The summed E-state index contributed by atoms with van der Waals surface area (Å²) in [6, 6.07) is 10.5. The summed E-state index contributed by atoms with van der Waals surface area (Å²) < 4.78 is 0. The molecule has 0 heterocycles. The van der Waals surface area contributed by atoms with Gasteiger partial charge in [-0.3, -0.25) is 4.79 Å². The standard InChI is InChI=1S/C18H30N2O/c1-17(2,3)12-15(14-10-8-7-9-11-14)19-13-16(21)20-18(4,5)6/h7-11,15,19H,12-13H2,1-6H3,(H,20,21). The van der Waals surface area contributed by atoms with E-state index in [1.54, 1.807) is 0 Å². The SMILES string of the molecule is CC(C)(C)CC(NCC(=O)NC(C)(C)C)c1ccccc1. The molecule has 1 aromatic carbocycles. The van der Waals surface area contributed by atoms with E-state index in [-0.39, 0.29) is 22.9 Å². The monoisotopic (exact) mass is 290 g/mol. The lowest BCUT2D eigenvalue weighted by Crippen LogP contribution is -2.45. The number of amides is 1. The molecule has 0 fully saturated rings. The second-order valence-corrected chi connectivity index (χ2v) is 7.91. The highest BCUT2D eigenvalue weighted by molar-refractivity contribution is 5.78. The zero-order chi connectivity index (χ0) is 16.1. The summed E-state index contributed by atoms with van der Waals surface area (Å²) in [6.45, 7) is 13.0. The quantitative estimate of drug-likeness (QED) is 0.868. The van der Waals surface area contributed by atoms with Crippen molar-refractivity contribution >= 4 is 5.91 Å². The maximum atomic E-state index is 12.0. The van der Waals surface area contributed by atoms with E-state index in [1.807, 2.05) is 39.0 Å². The van der Waals surface area contributed by atoms with Gasteiger partial charge in [-0.05, 0) is 38.2 Å². The van der Waals surface area contributed by atoms with Gasteiger partial charge in [0.1, 0.15) is 0 Å². The van der Waals surface area contributed by atoms with E-state index in [2.05, 4.69) is 43.5 Å². The van der Waals surface area contributed by atoms with Crippen LogP contribution in [0.25, 0.3) is 0 Å². The van der Waals surface area contributed by atoms with Crippen LogP contribution in [-0.4, -0.2) is 18.0 Å². The Morgan fingerprint density at radius 2 is 1.62 bits per heavy atom. The predicted octanol–water partition coefficient (Wildman–Crippen LogP) is 3.67. The molecule has 0 bridgehead atoms. The Balaban J connectivity index is 2.69. The largest absolute Gasteiger partial charge is 0.350 e. The minimum absolute atomic E-state index is 0.0392. The third-order valence-electron chi connectivity index (χ3n) is 3.04. The fraction of sp³-hybridized carbons (Fsp3) is 0.611. The lowest BCUT2D eigenvalue weighted by Gasteiger charge is -2.28. The third kappa shape index (κ3) is 7.86. The lowest BCUT2D eigenvalue weighted by atomic mass is 9.85. The highest BCUT2D eigenvalue weighted by Crippen LogP contribution is 2.29. The molecule has 1 amide bonds. The van der Waals surface area contributed by atoms with Gasteiger partial charge < -0.3 is 10.6 Å². The van der Waals surface area contributed by atoms with Gasteiger partial charge in [0.05, 0.1) is 6.54 Å². The molecule has 0 aromatic heterocycles. The molecule has 0 aliphatic heterocycles. The Morgan fingerprint density at radius 1 is 1.05 bits per heavy atom. The summed E-state index contributed by atoms with van der Waals surface area (Å²) in [6.07, 6.45) is 0.986. The van der Waals surface area contributed by atoms with Gasteiger partial charge in [-0.15, -0.1) is 0 Å². The van der Waals surface area contributed by atoms with Crippen LogP contribution in [0.2, 0.25) is 0 Å². The number of rotatable bonds is 5. The molecule has 0 saturated heterocycles. The van der Waals surface area contributed by atoms with Crippen LogP contribution < -0.4 is 10.6 Å². The minimum atomic E-state index is -0.189. The number of carbonyl (C=O) groups excluding carboxylic acids is 1. The molecule has 1 unspecified atom stereocenters. The van der Waals surface area contributed by atoms with Gasteiger partial charge in [0, 0.05) is 11.6 Å². The van der Waals surface area contributed by atoms with Gasteiger partial charge in [0.25, 0.3) is 0 Å². The van der Waals surface area contributed by atoms with Gasteiger partial charge >= 0.3 is 0 Å². The van der Waals surface area contributed by atoms with Crippen LogP contribution in [0.1, 0.15) is 59.6 Å². The van der Waals surface area contributed by atoms with E-state index in [9.17, 15) is 4.79 Å². The van der Waals surface area contributed by atoms with Gasteiger partial charge in [-0.2, -0.15) is 0 Å². The summed E-state index contributed by atoms with van der Waals surface area (Å²) >= 11 is 0. The van der Waals surface area contributed by atoms with Gasteiger partial charge in [-0.1, -0.05) is 51.1 Å². The smallest absolute Gasteiger partial charge is 0.234 e. The molecule has 0 saturated carbocycles. The van der Waals surface area contributed by atoms with Crippen molar-refractivity contribution in [3.05, 3.63) is 35.9 Å². The second kappa shape index (κ2) is 7.08. The summed E-state index contributed by atoms with van der Waals surface area (Å²) in [5.41, 5.74) is 1.25. The number of nitrogens with one attached hydrogen (secondary N) is 2. The van der Waals surface area contributed by atoms with Crippen molar-refractivity contribution in [3.8, 4) is 0 Å². The summed E-state index contributed by atoms with van der Waals surface area (Å²) in [7, 11) is 0. The van der Waals surface area contributed by atoms with E-state index in [1.165, 1.54) is 5.56 Å². The average molecular weight is 290 g/mol. The first-order valence-corrected chi connectivity index (χ1v) is 7.66. The van der Waals surface area contributed by atoms with Crippen molar-refractivity contribution in [3.63, 3.8) is 0 Å². The molecule has 118 valence electrons. The first-order valence-electron chi connectivity index (χ1n) is 7.66. The van der Waals surface area contributed by atoms with Crippen LogP contribution in [0.15, 0.2) is 30.3 Å².